The van der Waals surface area contributed by atoms with Gasteiger partial charge in [0.05, 0.1) is 0 Å². The van der Waals surface area contributed by atoms with E-state index in [2.05, 4.69) is 9.97 Å². The minimum atomic E-state index is -0.795. The van der Waals surface area contributed by atoms with E-state index < -0.39 is 11.2 Å². The Kier molecular flexibility index (Phi) is 4.10. The molecule has 102 valence electrons. The molecular weight excluding hydrogens is 280 g/mol. The first kappa shape index (κ1) is 14.3. The number of fused-ring (bicyclic) bond motifs is 1. The van der Waals surface area contributed by atoms with Crippen LogP contribution in [0.3, 0.4) is 0 Å². The third kappa shape index (κ3) is 2.74. The molecule has 0 spiro atoms. The van der Waals surface area contributed by atoms with E-state index in [1.807, 2.05) is 27.7 Å². The van der Waals surface area contributed by atoms with Crippen molar-refractivity contribution in [3.05, 3.63) is 16.8 Å². The highest BCUT2D eigenvalue weighted by molar-refractivity contribution is 8.00. The molecule has 6 heteroatoms. The summed E-state index contributed by atoms with van der Waals surface area (Å²) in [5.41, 5.74) is 1.15. The van der Waals surface area contributed by atoms with Gasteiger partial charge >= 0.3 is 5.97 Å². The van der Waals surface area contributed by atoms with Gasteiger partial charge in [-0.3, -0.25) is 4.79 Å². The lowest BCUT2D eigenvalue weighted by Crippen LogP contribution is -2.22. The molecule has 0 radical (unpaired) electrons. The average Bonchev–Trinajstić information content (AvgIpc) is 2.62. The number of carboxylic acid groups (broad SMARTS) is 1. The quantitative estimate of drug-likeness (QED) is 0.691. The Bertz CT molecular complexity index is 622. The Labute approximate surface area is 120 Å². The minimum Gasteiger partial charge on any atom is -0.480 e. The molecule has 2 rings (SSSR count). The molecular formula is C13H16N2O2S2. The minimum absolute atomic E-state index is 0.0487. The first-order chi connectivity index (χ1) is 8.91. The fourth-order valence-electron chi connectivity index (χ4n) is 1.83. The fraction of sp³-hybridized carbons (Fsp3) is 0.462. The third-order valence-corrected chi connectivity index (χ3v) is 5.67. The van der Waals surface area contributed by atoms with Crippen LogP contribution in [0.15, 0.2) is 11.4 Å². The first-order valence-electron chi connectivity index (χ1n) is 6.02. The van der Waals surface area contributed by atoms with Crippen molar-refractivity contribution in [2.24, 2.45) is 5.92 Å². The molecule has 2 heterocycles. The van der Waals surface area contributed by atoms with Crippen molar-refractivity contribution in [2.75, 3.05) is 0 Å². The summed E-state index contributed by atoms with van der Waals surface area (Å²) in [5.74, 6) is -0.746. The number of carbonyl (C=O) groups is 1. The van der Waals surface area contributed by atoms with E-state index in [-0.39, 0.29) is 5.92 Å². The van der Waals surface area contributed by atoms with Crippen LogP contribution in [0, 0.1) is 19.8 Å². The number of hydrogen-bond acceptors (Lipinski definition) is 5. The van der Waals surface area contributed by atoms with E-state index in [1.54, 1.807) is 11.3 Å². The van der Waals surface area contributed by atoms with Crippen LogP contribution in [0.25, 0.3) is 10.2 Å². The van der Waals surface area contributed by atoms with Gasteiger partial charge in [-0.05, 0) is 25.3 Å². The predicted octanol–water partition coefficient (Wildman–Crippen LogP) is 3.51. The van der Waals surface area contributed by atoms with Crippen LogP contribution < -0.4 is 0 Å². The number of rotatable bonds is 4. The van der Waals surface area contributed by atoms with Crippen molar-refractivity contribution in [3.63, 3.8) is 0 Å². The highest BCUT2D eigenvalue weighted by Crippen LogP contribution is 2.37. The summed E-state index contributed by atoms with van der Waals surface area (Å²) in [6.45, 7) is 7.91. The van der Waals surface area contributed by atoms with Crippen molar-refractivity contribution in [2.45, 2.75) is 38.0 Å². The maximum absolute atomic E-state index is 11.3. The Morgan fingerprint density at radius 3 is 2.63 bits per heavy atom. The maximum atomic E-state index is 11.3. The van der Waals surface area contributed by atoms with Gasteiger partial charge in [-0.1, -0.05) is 25.6 Å². The van der Waals surface area contributed by atoms with Crippen molar-refractivity contribution >= 4 is 39.3 Å². The second-order valence-electron chi connectivity index (χ2n) is 4.76. The number of aromatic nitrogens is 2. The van der Waals surface area contributed by atoms with Crippen LogP contribution in [-0.4, -0.2) is 26.3 Å². The number of aryl methyl sites for hydroxylation is 2. The number of nitrogens with zero attached hydrogens (tertiary/aromatic N) is 2. The summed E-state index contributed by atoms with van der Waals surface area (Å²) in [7, 11) is 0. The molecule has 1 unspecified atom stereocenters. The summed E-state index contributed by atoms with van der Waals surface area (Å²) in [6.07, 6.45) is 1.51. The highest BCUT2D eigenvalue weighted by atomic mass is 32.2. The van der Waals surface area contributed by atoms with Gasteiger partial charge in [-0.2, -0.15) is 0 Å². The molecule has 2 aromatic rings. The van der Waals surface area contributed by atoms with Gasteiger partial charge in [0.2, 0.25) is 0 Å². The SMILES string of the molecule is Cc1sc2ncnc(SC(C(=O)O)C(C)C)c2c1C. The molecule has 1 atom stereocenters. The molecule has 0 saturated carbocycles. The van der Waals surface area contributed by atoms with Crippen molar-refractivity contribution < 1.29 is 9.90 Å². The lowest BCUT2D eigenvalue weighted by molar-refractivity contribution is -0.137. The van der Waals surface area contributed by atoms with Crippen molar-refractivity contribution in [1.29, 1.82) is 0 Å². The zero-order valence-corrected chi connectivity index (χ0v) is 12.9. The third-order valence-electron chi connectivity index (χ3n) is 3.02. The Morgan fingerprint density at radius 2 is 2.05 bits per heavy atom. The Morgan fingerprint density at radius 1 is 1.37 bits per heavy atom. The van der Waals surface area contributed by atoms with Crippen LogP contribution in [0.5, 0.6) is 0 Å². The second kappa shape index (κ2) is 5.46. The molecule has 0 aliphatic rings. The fourth-order valence-corrected chi connectivity index (χ4v) is 3.98. The lowest BCUT2D eigenvalue weighted by atomic mass is 10.1. The normalized spacial score (nSPS) is 13.1. The van der Waals surface area contributed by atoms with Gasteiger partial charge in [0.1, 0.15) is 21.4 Å². The lowest BCUT2D eigenvalue weighted by Gasteiger charge is -2.15. The largest absolute Gasteiger partial charge is 0.480 e. The molecule has 0 aromatic carbocycles. The zero-order valence-electron chi connectivity index (χ0n) is 11.3. The number of thiophene rings is 1. The number of aliphatic carboxylic acids is 1. The van der Waals surface area contributed by atoms with E-state index in [0.717, 1.165) is 20.8 Å². The molecule has 2 aromatic heterocycles. The maximum Gasteiger partial charge on any atom is 0.317 e. The standard InChI is InChI=1S/C13H16N2O2S2/c1-6(2)10(13(16)17)19-12-9-7(3)8(4)18-11(9)14-5-15-12/h5-6,10H,1-4H3,(H,16,17). The molecule has 4 nitrogen and oxygen atoms in total. The molecule has 0 fully saturated rings. The molecule has 0 bridgehead atoms. The van der Waals surface area contributed by atoms with Crippen molar-refractivity contribution in [1.82, 2.24) is 9.97 Å². The van der Waals surface area contributed by atoms with E-state index in [9.17, 15) is 9.90 Å². The molecule has 0 aliphatic carbocycles. The summed E-state index contributed by atoms with van der Waals surface area (Å²) in [4.78, 5) is 22.0. The second-order valence-corrected chi connectivity index (χ2v) is 7.10. The summed E-state index contributed by atoms with van der Waals surface area (Å²) >= 11 is 2.94. The van der Waals surface area contributed by atoms with Gasteiger partial charge in [0.15, 0.2) is 0 Å². The summed E-state index contributed by atoms with van der Waals surface area (Å²) in [5, 5.41) is 10.6. The monoisotopic (exact) mass is 296 g/mol. The van der Waals surface area contributed by atoms with Crippen LogP contribution in [0.2, 0.25) is 0 Å². The van der Waals surface area contributed by atoms with Crippen LogP contribution in [0.4, 0.5) is 0 Å². The number of carboxylic acids is 1. The zero-order chi connectivity index (χ0) is 14.2. The van der Waals surface area contributed by atoms with E-state index in [1.165, 1.54) is 23.0 Å². The number of hydrogen-bond donors (Lipinski definition) is 1. The van der Waals surface area contributed by atoms with E-state index in [4.69, 9.17) is 0 Å². The molecule has 0 aliphatic heterocycles. The molecule has 19 heavy (non-hydrogen) atoms. The van der Waals surface area contributed by atoms with Gasteiger partial charge in [0.25, 0.3) is 0 Å². The molecule has 0 saturated heterocycles. The molecule has 0 amide bonds. The van der Waals surface area contributed by atoms with Crippen LogP contribution >= 0.6 is 23.1 Å². The topological polar surface area (TPSA) is 63.1 Å². The average molecular weight is 296 g/mol. The van der Waals surface area contributed by atoms with Crippen molar-refractivity contribution in [3.8, 4) is 0 Å². The van der Waals surface area contributed by atoms with E-state index in [0.29, 0.717) is 0 Å². The van der Waals surface area contributed by atoms with Gasteiger partial charge < -0.3 is 5.11 Å². The Balaban J connectivity index is 2.48. The highest BCUT2D eigenvalue weighted by Gasteiger charge is 2.25. The van der Waals surface area contributed by atoms with Gasteiger partial charge in [-0.15, -0.1) is 11.3 Å². The van der Waals surface area contributed by atoms with E-state index >= 15 is 0 Å². The Hall–Kier alpha value is -1.14. The van der Waals surface area contributed by atoms with Crippen LogP contribution in [-0.2, 0) is 4.79 Å². The first-order valence-corrected chi connectivity index (χ1v) is 7.71. The smallest absolute Gasteiger partial charge is 0.317 e. The number of thioether (sulfide) groups is 1. The summed E-state index contributed by atoms with van der Waals surface area (Å²) < 4.78 is 0. The van der Waals surface area contributed by atoms with Crippen LogP contribution in [0.1, 0.15) is 24.3 Å². The van der Waals surface area contributed by atoms with Gasteiger partial charge in [-0.25, -0.2) is 9.97 Å². The summed E-state index contributed by atoms with van der Waals surface area (Å²) in [6, 6.07) is 0. The molecule has 1 N–H and O–H groups in total. The predicted molar refractivity (Wildman–Crippen MR) is 79.0 cm³/mol. The van der Waals surface area contributed by atoms with Gasteiger partial charge in [0, 0.05) is 10.3 Å².